The summed E-state index contributed by atoms with van der Waals surface area (Å²) in [6, 6.07) is 5.18. The lowest BCUT2D eigenvalue weighted by Crippen LogP contribution is -2.43. The lowest BCUT2D eigenvalue weighted by molar-refractivity contribution is -0.137. The van der Waals surface area contributed by atoms with Gasteiger partial charge in [-0.15, -0.1) is 0 Å². The van der Waals surface area contributed by atoms with Crippen LogP contribution in [0.1, 0.15) is 24.5 Å². The molecule has 6 heteroatoms. The minimum atomic E-state index is -4.47. The normalized spacial score (nSPS) is 23.5. The molecule has 108 valence electrons. The van der Waals surface area contributed by atoms with Crippen molar-refractivity contribution < 1.29 is 18.3 Å². The van der Waals surface area contributed by atoms with Crippen molar-refractivity contribution in [2.45, 2.75) is 25.6 Å². The highest BCUT2D eigenvalue weighted by molar-refractivity contribution is 5.59. The molecule has 0 radical (unpaired) electrons. The summed E-state index contributed by atoms with van der Waals surface area (Å²) in [7, 11) is 0. The molecule has 2 atom stereocenters. The van der Waals surface area contributed by atoms with E-state index in [2.05, 4.69) is 0 Å². The SMILES string of the molecule is CC1CCN(c2cc(C#N)ccc2C(F)(F)F)CC1O. The van der Waals surface area contributed by atoms with Gasteiger partial charge in [-0.3, -0.25) is 0 Å². The first kappa shape index (κ1) is 14.7. The molecule has 0 amide bonds. The van der Waals surface area contributed by atoms with E-state index in [-0.39, 0.29) is 23.7 Å². The van der Waals surface area contributed by atoms with Gasteiger partial charge in [0.2, 0.25) is 0 Å². The van der Waals surface area contributed by atoms with Crippen molar-refractivity contribution in [2.24, 2.45) is 5.92 Å². The Labute approximate surface area is 115 Å². The van der Waals surface area contributed by atoms with E-state index < -0.39 is 17.8 Å². The summed E-state index contributed by atoms with van der Waals surface area (Å²) in [5.41, 5.74) is -0.609. The molecule has 1 saturated heterocycles. The van der Waals surface area contributed by atoms with Crippen molar-refractivity contribution in [1.29, 1.82) is 5.26 Å². The maximum atomic E-state index is 13.0. The number of rotatable bonds is 1. The molecule has 2 rings (SSSR count). The number of alkyl halides is 3. The minimum absolute atomic E-state index is 0.0255. The molecular weight excluding hydrogens is 269 g/mol. The van der Waals surface area contributed by atoms with Crippen LogP contribution in [-0.2, 0) is 6.18 Å². The number of aliphatic hydroxyl groups is 1. The van der Waals surface area contributed by atoms with Gasteiger partial charge in [0.1, 0.15) is 0 Å². The summed E-state index contributed by atoms with van der Waals surface area (Å²) >= 11 is 0. The lowest BCUT2D eigenvalue weighted by Gasteiger charge is -2.37. The predicted octanol–water partition coefficient (Wildman–Crippen LogP) is 2.78. The topological polar surface area (TPSA) is 47.3 Å². The second kappa shape index (κ2) is 5.33. The first-order valence-electron chi connectivity index (χ1n) is 6.37. The maximum Gasteiger partial charge on any atom is 0.418 e. The van der Waals surface area contributed by atoms with Crippen LogP contribution in [0, 0.1) is 17.2 Å². The monoisotopic (exact) mass is 284 g/mol. The molecule has 20 heavy (non-hydrogen) atoms. The molecule has 1 aliphatic heterocycles. The number of anilines is 1. The van der Waals surface area contributed by atoms with Crippen LogP contribution >= 0.6 is 0 Å². The molecule has 0 saturated carbocycles. The van der Waals surface area contributed by atoms with E-state index >= 15 is 0 Å². The van der Waals surface area contributed by atoms with E-state index in [1.807, 2.05) is 13.0 Å². The van der Waals surface area contributed by atoms with Gasteiger partial charge in [-0.25, -0.2) is 0 Å². The lowest BCUT2D eigenvalue weighted by atomic mass is 9.95. The summed E-state index contributed by atoms with van der Waals surface area (Å²) in [6.07, 6.45) is -4.51. The van der Waals surface area contributed by atoms with Crippen LogP contribution in [0.4, 0.5) is 18.9 Å². The molecule has 1 aliphatic rings. The van der Waals surface area contributed by atoms with Gasteiger partial charge in [0.25, 0.3) is 0 Å². The molecule has 1 fully saturated rings. The number of β-amino-alcohol motifs (C(OH)–C–C–N with tert-alkyl or cyclic N) is 1. The van der Waals surface area contributed by atoms with Gasteiger partial charge in [-0.05, 0) is 30.5 Å². The third-order valence-electron chi connectivity index (χ3n) is 3.69. The first-order chi connectivity index (χ1) is 9.32. The highest BCUT2D eigenvalue weighted by atomic mass is 19.4. The fourth-order valence-corrected chi connectivity index (χ4v) is 2.37. The van der Waals surface area contributed by atoms with Crippen LogP contribution in [0.25, 0.3) is 0 Å². The van der Waals surface area contributed by atoms with Crippen LogP contribution in [-0.4, -0.2) is 24.3 Å². The highest BCUT2D eigenvalue weighted by Crippen LogP contribution is 2.38. The second-order valence-corrected chi connectivity index (χ2v) is 5.12. The van der Waals surface area contributed by atoms with Crippen LogP contribution in [0.2, 0.25) is 0 Å². The molecule has 1 aromatic carbocycles. The zero-order valence-corrected chi connectivity index (χ0v) is 11.0. The number of nitriles is 1. The Kier molecular flexibility index (Phi) is 3.91. The number of hydrogen-bond donors (Lipinski definition) is 1. The van der Waals surface area contributed by atoms with Crippen LogP contribution in [0.5, 0.6) is 0 Å². The smallest absolute Gasteiger partial charge is 0.391 e. The quantitative estimate of drug-likeness (QED) is 0.862. The van der Waals surface area contributed by atoms with Gasteiger partial charge in [-0.2, -0.15) is 18.4 Å². The number of aliphatic hydroxyl groups excluding tert-OH is 1. The van der Waals surface area contributed by atoms with Crippen LogP contribution in [0.15, 0.2) is 18.2 Å². The van der Waals surface area contributed by atoms with E-state index in [4.69, 9.17) is 5.26 Å². The number of hydrogen-bond acceptors (Lipinski definition) is 3. The number of benzene rings is 1. The standard InChI is InChI=1S/C14H15F3N2O/c1-9-4-5-19(8-13(9)20)12-6-10(7-18)2-3-11(12)14(15,16)17/h2-3,6,9,13,20H,4-5,8H2,1H3. The largest absolute Gasteiger partial charge is 0.418 e. The Morgan fingerprint density at radius 2 is 2.10 bits per heavy atom. The summed E-state index contributed by atoms with van der Waals surface area (Å²) in [5, 5.41) is 18.7. The third kappa shape index (κ3) is 2.88. The van der Waals surface area contributed by atoms with E-state index in [0.717, 1.165) is 12.1 Å². The molecule has 0 aliphatic carbocycles. The molecule has 1 N–H and O–H groups in total. The molecule has 1 aromatic rings. The Balaban J connectivity index is 2.41. The van der Waals surface area contributed by atoms with Crippen LogP contribution in [0.3, 0.4) is 0 Å². The average molecular weight is 284 g/mol. The molecule has 1 heterocycles. The molecular formula is C14H15F3N2O. The Bertz CT molecular complexity index is 536. The zero-order chi connectivity index (χ0) is 14.9. The molecule has 0 bridgehead atoms. The van der Waals surface area contributed by atoms with Crippen LogP contribution < -0.4 is 4.90 Å². The summed E-state index contributed by atoms with van der Waals surface area (Å²) in [5.74, 6) is 0.0692. The van der Waals surface area contributed by atoms with Crippen molar-refractivity contribution in [3.8, 4) is 6.07 Å². The zero-order valence-electron chi connectivity index (χ0n) is 11.0. The van der Waals surface area contributed by atoms with Crippen molar-refractivity contribution in [3.05, 3.63) is 29.3 Å². The van der Waals surface area contributed by atoms with Crippen molar-refractivity contribution in [1.82, 2.24) is 0 Å². The van der Waals surface area contributed by atoms with E-state index in [9.17, 15) is 18.3 Å². The Morgan fingerprint density at radius 1 is 1.40 bits per heavy atom. The Hall–Kier alpha value is -1.74. The van der Waals surface area contributed by atoms with E-state index in [1.54, 1.807) is 0 Å². The summed E-state index contributed by atoms with van der Waals surface area (Å²) in [4.78, 5) is 1.51. The van der Waals surface area contributed by atoms with Crippen molar-refractivity contribution in [3.63, 3.8) is 0 Å². The average Bonchev–Trinajstić information content (AvgIpc) is 2.40. The summed E-state index contributed by atoms with van der Waals surface area (Å²) in [6.45, 7) is 2.47. The molecule has 3 nitrogen and oxygen atoms in total. The van der Waals surface area contributed by atoms with Gasteiger partial charge in [0.05, 0.1) is 29.0 Å². The fourth-order valence-electron chi connectivity index (χ4n) is 2.37. The van der Waals surface area contributed by atoms with Gasteiger partial charge < -0.3 is 10.0 Å². The third-order valence-corrected chi connectivity index (χ3v) is 3.69. The maximum absolute atomic E-state index is 13.0. The number of piperidine rings is 1. The molecule has 0 aromatic heterocycles. The van der Waals surface area contributed by atoms with Crippen molar-refractivity contribution in [2.75, 3.05) is 18.0 Å². The van der Waals surface area contributed by atoms with Gasteiger partial charge in [0, 0.05) is 13.1 Å². The molecule has 2 unspecified atom stereocenters. The van der Waals surface area contributed by atoms with E-state index in [1.165, 1.54) is 11.0 Å². The minimum Gasteiger partial charge on any atom is -0.391 e. The second-order valence-electron chi connectivity index (χ2n) is 5.12. The highest BCUT2D eigenvalue weighted by Gasteiger charge is 2.36. The molecule has 0 spiro atoms. The Morgan fingerprint density at radius 3 is 2.65 bits per heavy atom. The summed E-state index contributed by atoms with van der Waals surface area (Å²) < 4.78 is 39.1. The van der Waals surface area contributed by atoms with Crippen molar-refractivity contribution >= 4 is 5.69 Å². The fraction of sp³-hybridized carbons (Fsp3) is 0.500. The first-order valence-corrected chi connectivity index (χ1v) is 6.37. The predicted molar refractivity (Wildman–Crippen MR) is 68.2 cm³/mol. The number of nitrogens with zero attached hydrogens (tertiary/aromatic N) is 2. The van der Waals surface area contributed by atoms with Gasteiger partial charge in [0.15, 0.2) is 0 Å². The van der Waals surface area contributed by atoms with Gasteiger partial charge in [-0.1, -0.05) is 6.92 Å². The number of halogens is 3. The van der Waals surface area contributed by atoms with E-state index in [0.29, 0.717) is 13.0 Å². The van der Waals surface area contributed by atoms with Gasteiger partial charge >= 0.3 is 6.18 Å².